The summed E-state index contributed by atoms with van der Waals surface area (Å²) in [7, 11) is 0. The number of aromatic amines is 1. The van der Waals surface area contributed by atoms with E-state index in [9.17, 15) is 14.4 Å². The Labute approximate surface area is 167 Å². The lowest BCUT2D eigenvalue weighted by molar-refractivity contribution is -0.116. The number of benzene rings is 1. The smallest absolute Gasteiger partial charge is 0.258 e. The van der Waals surface area contributed by atoms with E-state index in [4.69, 9.17) is 0 Å². The second-order valence-corrected chi connectivity index (χ2v) is 7.37. The van der Waals surface area contributed by atoms with Gasteiger partial charge in [-0.15, -0.1) is 11.3 Å². The minimum Gasteiger partial charge on any atom is -0.328 e. The van der Waals surface area contributed by atoms with Gasteiger partial charge in [0, 0.05) is 34.2 Å². The van der Waals surface area contributed by atoms with Gasteiger partial charge in [0.1, 0.15) is 0 Å². The summed E-state index contributed by atoms with van der Waals surface area (Å²) < 4.78 is 0.891. The summed E-state index contributed by atoms with van der Waals surface area (Å²) in [4.78, 5) is 41.9. The number of anilines is 2. The van der Waals surface area contributed by atoms with Gasteiger partial charge in [0.05, 0.1) is 11.3 Å². The molecule has 3 N–H and O–H groups in total. The van der Waals surface area contributed by atoms with E-state index in [-0.39, 0.29) is 23.8 Å². The van der Waals surface area contributed by atoms with Gasteiger partial charge < -0.3 is 10.3 Å². The Hall–Kier alpha value is -2.78. The lowest BCUT2D eigenvalue weighted by Crippen LogP contribution is -2.14. The molecule has 3 rings (SSSR count). The zero-order valence-electron chi connectivity index (χ0n) is 14.0. The van der Waals surface area contributed by atoms with Gasteiger partial charge in [-0.2, -0.15) is 0 Å². The summed E-state index contributed by atoms with van der Waals surface area (Å²) in [6.45, 7) is 0. The minimum atomic E-state index is -0.362. The van der Waals surface area contributed by atoms with Gasteiger partial charge in [-0.3, -0.25) is 19.7 Å². The highest BCUT2D eigenvalue weighted by molar-refractivity contribution is 9.10. The molecule has 0 saturated heterocycles. The van der Waals surface area contributed by atoms with Crippen molar-refractivity contribution < 1.29 is 9.59 Å². The van der Waals surface area contributed by atoms with Crippen molar-refractivity contribution in [1.82, 2.24) is 9.97 Å². The van der Waals surface area contributed by atoms with Crippen molar-refractivity contribution in [1.29, 1.82) is 0 Å². The standard InChI is InChI=1S/C18H15BrN4O3S/c19-12-2-1-3-13(8-12)21-16(25)7-5-14-10-27-18(22-14)23-17(26)11-4-6-15(24)20-9-11/h1-4,6,8-10H,5,7H2,(H,20,24)(H,21,25)(H,22,23,26). The van der Waals surface area contributed by atoms with Gasteiger partial charge >= 0.3 is 0 Å². The zero-order valence-corrected chi connectivity index (χ0v) is 16.4. The van der Waals surface area contributed by atoms with E-state index in [1.165, 1.54) is 29.7 Å². The number of carbonyl (C=O) groups excluding carboxylic acids is 2. The van der Waals surface area contributed by atoms with Crippen LogP contribution >= 0.6 is 27.3 Å². The first-order valence-electron chi connectivity index (χ1n) is 7.99. The molecule has 9 heteroatoms. The number of carbonyl (C=O) groups is 2. The quantitative estimate of drug-likeness (QED) is 0.539. The number of hydrogen-bond acceptors (Lipinski definition) is 5. The number of nitrogens with zero attached hydrogens (tertiary/aromatic N) is 1. The van der Waals surface area contributed by atoms with Crippen molar-refractivity contribution in [2.45, 2.75) is 12.8 Å². The molecule has 7 nitrogen and oxygen atoms in total. The second-order valence-electron chi connectivity index (χ2n) is 5.60. The third kappa shape index (κ3) is 5.60. The minimum absolute atomic E-state index is 0.111. The molecule has 0 saturated carbocycles. The topological polar surface area (TPSA) is 104 Å². The summed E-state index contributed by atoms with van der Waals surface area (Å²) in [5.41, 5.74) is 1.51. The molecule has 2 heterocycles. The molecule has 138 valence electrons. The molecule has 0 bridgehead atoms. The second kappa shape index (κ2) is 8.74. The predicted molar refractivity (Wildman–Crippen MR) is 108 cm³/mol. The van der Waals surface area contributed by atoms with E-state index < -0.39 is 0 Å². The molecule has 27 heavy (non-hydrogen) atoms. The lowest BCUT2D eigenvalue weighted by atomic mass is 10.2. The molecule has 1 aromatic carbocycles. The van der Waals surface area contributed by atoms with Crippen molar-refractivity contribution in [2.24, 2.45) is 0 Å². The fraction of sp³-hybridized carbons (Fsp3) is 0.111. The Balaban J connectivity index is 1.51. The molecule has 3 aromatic rings. The maximum atomic E-state index is 12.1. The van der Waals surface area contributed by atoms with Crippen LogP contribution in [0, 0.1) is 0 Å². The Morgan fingerprint density at radius 3 is 2.78 bits per heavy atom. The highest BCUT2D eigenvalue weighted by Crippen LogP contribution is 2.19. The zero-order chi connectivity index (χ0) is 19.2. The van der Waals surface area contributed by atoms with Gasteiger partial charge in [0.25, 0.3) is 5.91 Å². The fourth-order valence-electron chi connectivity index (χ4n) is 2.23. The van der Waals surface area contributed by atoms with E-state index in [1.54, 1.807) is 5.38 Å². The maximum Gasteiger partial charge on any atom is 0.258 e. The van der Waals surface area contributed by atoms with E-state index in [0.717, 1.165) is 15.9 Å². The van der Waals surface area contributed by atoms with Crippen molar-refractivity contribution in [3.05, 3.63) is 74.1 Å². The van der Waals surface area contributed by atoms with Crippen LogP contribution in [0.3, 0.4) is 0 Å². The SMILES string of the molecule is O=C(CCc1csc(NC(=O)c2ccc(=O)[nH]c2)n1)Nc1cccc(Br)c1. The number of nitrogens with one attached hydrogen (secondary N) is 3. The van der Waals surface area contributed by atoms with Crippen LogP contribution in [0.4, 0.5) is 10.8 Å². The first-order valence-corrected chi connectivity index (χ1v) is 9.67. The van der Waals surface area contributed by atoms with Crippen LogP contribution in [0.15, 0.2) is 57.2 Å². The molecule has 0 aliphatic heterocycles. The molecule has 0 radical (unpaired) electrons. The monoisotopic (exact) mass is 446 g/mol. The first kappa shape index (κ1) is 19.0. The van der Waals surface area contributed by atoms with E-state index in [1.807, 2.05) is 24.3 Å². The molecule has 0 unspecified atom stereocenters. The van der Waals surface area contributed by atoms with Gasteiger partial charge in [-0.1, -0.05) is 22.0 Å². The summed E-state index contributed by atoms with van der Waals surface area (Å²) in [6.07, 6.45) is 2.09. The molecule has 0 aliphatic carbocycles. The average molecular weight is 447 g/mol. The lowest BCUT2D eigenvalue weighted by Gasteiger charge is -2.04. The molecule has 2 amide bonds. The number of rotatable bonds is 6. The average Bonchev–Trinajstić information content (AvgIpc) is 3.08. The van der Waals surface area contributed by atoms with Gasteiger partial charge in [0.2, 0.25) is 11.5 Å². The van der Waals surface area contributed by atoms with Crippen molar-refractivity contribution in [3.63, 3.8) is 0 Å². The molecular formula is C18H15BrN4O3S. The molecule has 2 aromatic heterocycles. The normalized spacial score (nSPS) is 10.4. The summed E-state index contributed by atoms with van der Waals surface area (Å²) >= 11 is 4.64. The van der Waals surface area contributed by atoms with Crippen LogP contribution in [0.5, 0.6) is 0 Å². The molecule has 0 spiro atoms. The van der Waals surface area contributed by atoms with Crippen molar-refractivity contribution in [2.75, 3.05) is 10.6 Å². The van der Waals surface area contributed by atoms with Crippen molar-refractivity contribution >= 4 is 49.9 Å². The van der Waals surface area contributed by atoms with Gasteiger partial charge in [-0.05, 0) is 30.7 Å². The molecule has 0 aliphatic rings. The number of pyridine rings is 1. The summed E-state index contributed by atoms with van der Waals surface area (Å²) in [6, 6.07) is 10.1. The van der Waals surface area contributed by atoms with Crippen LogP contribution < -0.4 is 16.2 Å². The molecular weight excluding hydrogens is 432 g/mol. The third-order valence-electron chi connectivity index (χ3n) is 3.54. The van der Waals surface area contributed by atoms with Crippen LogP contribution in [0.2, 0.25) is 0 Å². The number of H-pyrrole nitrogens is 1. The van der Waals surface area contributed by atoms with Gasteiger partial charge in [0.15, 0.2) is 5.13 Å². The van der Waals surface area contributed by atoms with Crippen LogP contribution in [-0.2, 0) is 11.2 Å². The highest BCUT2D eigenvalue weighted by atomic mass is 79.9. The van der Waals surface area contributed by atoms with Crippen LogP contribution in [0.1, 0.15) is 22.5 Å². The van der Waals surface area contributed by atoms with E-state index >= 15 is 0 Å². The number of halogens is 1. The Kier molecular flexibility index (Phi) is 6.15. The van der Waals surface area contributed by atoms with Gasteiger partial charge in [-0.25, -0.2) is 4.98 Å². The van der Waals surface area contributed by atoms with E-state index in [0.29, 0.717) is 17.1 Å². The number of aryl methyl sites for hydroxylation is 1. The first-order chi connectivity index (χ1) is 13.0. The number of aromatic nitrogens is 2. The Morgan fingerprint density at radius 2 is 2.04 bits per heavy atom. The predicted octanol–water partition coefficient (Wildman–Crippen LogP) is 3.42. The Bertz CT molecular complexity index is 1010. The highest BCUT2D eigenvalue weighted by Gasteiger charge is 2.10. The van der Waals surface area contributed by atoms with Crippen LogP contribution in [-0.4, -0.2) is 21.8 Å². The summed E-state index contributed by atoms with van der Waals surface area (Å²) in [5.74, 6) is -0.473. The third-order valence-corrected chi connectivity index (χ3v) is 4.83. The number of thiazole rings is 1. The van der Waals surface area contributed by atoms with Crippen molar-refractivity contribution in [3.8, 4) is 0 Å². The largest absolute Gasteiger partial charge is 0.328 e. The van der Waals surface area contributed by atoms with Crippen LogP contribution in [0.25, 0.3) is 0 Å². The Morgan fingerprint density at radius 1 is 1.19 bits per heavy atom. The van der Waals surface area contributed by atoms with E-state index in [2.05, 4.69) is 36.5 Å². The maximum absolute atomic E-state index is 12.1. The molecule has 0 fully saturated rings. The fourth-order valence-corrected chi connectivity index (χ4v) is 3.37. The number of amides is 2. The number of hydrogen-bond donors (Lipinski definition) is 3. The summed E-state index contributed by atoms with van der Waals surface area (Å²) in [5, 5.41) is 7.74. The molecule has 0 atom stereocenters.